The van der Waals surface area contributed by atoms with Crippen LogP contribution in [-0.4, -0.2) is 15.3 Å². The van der Waals surface area contributed by atoms with Gasteiger partial charge in [-0.3, -0.25) is 0 Å². The summed E-state index contributed by atoms with van der Waals surface area (Å²) in [7, 11) is 0. The van der Waals surface area contributed by atoms with Gasteiger partial charge < -0.3 is 15.3 Å². The number of aliphatic hydroxyl groups excluding tert-OH is 1. The van der Waals surface area contributed by atoms with Crippen LogP contribution < -0.4 is 0 Å². The van der Waals surface area contributed by atoms with E-state index in [1.807, 2.05) is 39.0 Å². The van der Waals surface area contributed by atoms with E-state index in [-0.39, 0.29) is 12.4 Å². The van der Waals surface area contributed by atoms with Crippen molar-refractivity contribution < 1.29 is 15.3 Å². The lowest BCUT2D eigenvalue weighted by molar-refractivity contribution is 0.275. The van der Waals surface area contributed by atoms with Gasteiger partial charge in [0, 0.05) is 5.56 Å². The SMILES string of the molecule is Cc1cc(Cc2cc(C)c(O)c(CO)c2)c(C)cc1O. The molecule has 106 valence electrons. The third kappa shape index (κ3) is 2.78. The number of rotatable bonds is 3. The molecule has 20 heavy (non-hydrogen) atoms. The van der Waals surface area contributed by atoms with Crippen molar-refractivity contribution in [2.24, 2.45) is 0 Å². The standard InChI is InChI=1S/C17H20O3/c1-10-6-16(19)11(2)5-14(10)7-13-4-12(3)17(20)15(8-13)9-18/h4-6,8,18-20H,7,9H2,1-3H3. The van der Waals surface area contributed by atoms with E-state index >= 15 is 0 Å². The van der Waals surface area contributed by atoms with Gasteiger partial charge in [-0.2, -0.15) is 0 Å². The van der Waals surface area contributed by atoms with E-state index in [9.17, 15) is 15.3 Å². The Labute approximate surface area is 119 Å². The van der Waals surface area contributed by atoms with E-state index in [0.29, 0.717) is 17.7 Å². The van der Waals surface area contributed by atoms with Gasteiger partial charge in [0.2, 0.25) is 0 Å². The Hall–Kier alpha value is -2.00. The molecule has 0 aliphatic rings. The van der Waals surface area contributed by atoms with E-state index in [1.54, 1.807) is 6.07 Å². The second-order valence-corrected chi connectivity index (χ2v) is 5.32. The molecule has 3 N–H and O–H groups in total. The molecule has 0 spiro atoms. The van der Waals surface area contributed by atoms with Crippen LogP contribution in [0.5, 0.6) is 11.5 Å². The normalized spacial score (nSPS) is 10.8. The maximum atomic E-state index is 9.83. The first kappa shape index (κ1) is 14.4. The molecular formula is C17H20O3. The molecule has 2 aromatic rings. The van der Waals surface area contributed by atoms with Gasteiger partial charge in [0.1, 0.15) is 11.5 Å². The largest absolute Gasteiger partial charge is 0.508 e. The highest BCUT2D eigenvalue weighted by atomic mass is 16.3. The zero-order valence-corrected chi connectivity index (χ0v) is 12.1. The van der Waals surface area contributed by atoms with Gasteiger partial charge >= 0.3 is 0 Å². The van der Waals surface area contributed by atoms with Crippen LogP contribution in [0.25, 0.3) is 0 Å². The number of aromatic hydroxyl groups is 2. The van der Waals surface area contributed by atoms with Gasteiger partial charge in [0.25, 0.3) is 0 Å². The monoisotopic (exact) mass is 272 g/mol. The molecule has 0 amide bonds. The van der Waals surface area contributed by atoms with Crippen LogP contribution in [-0.2, 0) is 13.0 Å². The molecule has 0 radical (unpaired) electrons. The fourth-order valence-electron chi connectivity index (χ4n) is 2.43. The zero-order valence-electron chi connectivity index (χ0n) is 12.1. The second kappa shape index (κ2) is 5.55. The van der Waals surface area contributed by atoms with Crippen LogP contribution in [0.2, 0.25) is 0 Å². The topological polar surface area (TPSA) is 60.7 Å². The van der Waals surface area contributed by atoms with Crippen LogP contribution >= 0.6 is 0 Å². The summed E-state index contributed by atoms with van der Waals surface area (Å²) in [6, 6.07) is 7.50. The molecule has 0 saturated carbocycles. The van der Waals surface area contributed by atoms with Crippen molar-refractivity contribution in [2.75, 3.05) is 0 Å². The summed E-state index contributed by atoms with van der Waals surface area (Å²) in [5, 5.41) is 28.8. The number of hydrogen-bond donors (Lipinski definition) is 3. The van der Waals surface area contributed by atoms with Crippen molar-refractivity contribution in [1.82, 2.24) is 0 Å². The fourth-order valence-corrected chi connectivity index (χ4v) is 2.43. The fraction of sp³-hybridized carbons (Fsp3) is 0.294. The van der Waals surface area contributed by atoms with Gasteiger partial charge in [-0.25, -0.2) is 0 Å². The Bertz CT molecular complexity index is 645. The maximum Gasteiger partial charge on any atom is 0.124 e. The van der Waals surface area contributed by atoms with Gasteiger partial charge in [-0.15, -0.1) is 0 Å². The summed E-state index contributed by atoms with van der Waals surface area (Å²) >= 11 is 0. The molecule has 0 unspecified atom stereocenters. The highest BCUT2D eigenvalue weighted by Gasteiger charge is 2.09. The highest BCUT2D eigenvalue weighted by molar-refractivity contribution is 5.46. The average Bonchev–Trinajstić information content (AvgIpc) is 2.40. The summed E-state index contributed by atoms with van der Waals surface area (Å²) < 4.78 is 0. The van der Waals surface area contributed by atoms with E-state index in [4.69, 9.17) is 0 Å². The molecule has 0 heterocycles. The van der Waals surface area contributed by atoms with Crippen molar-refractivity contribution in [3.8, 4) is 11.5 Å². The molecule has 0 aromatic heterocycles. The van der Waals surface area contributed by atoms with Gasteiger partial charge in [-0.05, 0) is 67.1 Å². The Kier molecular flexibility index (Phi) is 4.00. The Morgan fingerprint density at radius 1 is 0.800 bits per heavy atom. The molecule has 2 aromatic carbocycles. The molecule has 0 atom stereocenters. The van der Waals surface area contributed by atoms with Gasteiger partial charge in [0.05, 0.1) is 6.61 Å². The Balaban J connectivity index is 2.40. The molecule has 3 nitrogen and oxygen atoms in total. The number of aryl methyl sites for hydroxylation is 3. The molecule has 0 saturated heterocycles. The van der Waals surface area contributed by atoms with Crippen molar-refractivity contribution in [3.63, 3.8) is 0 Å². The van der Waals surface area contributed by atoms with E-state index in [0.717, 1.165) is 27.8 Å². The van der Waals surface area contributed by atoms with E-state index < -0.39 is 0 Å². The summed E-state index contributed by atoms with van der Waals surface area (Å²) in [5.41, 5.74) is 5.37. The lowest BCUT2D eigenvalue weighted by atomic mass is 9.95. The minimum atomic E-state index is -0.173. The third-order valence-corrected chi connectivity index (χ3v) is 3.66. The Morgan fingerprint density at radius 3 is 2.15 bits per heavy atom. The number of aliphatic hydroxyl groups is 1. The Morgan fingerprint density at radius 2 is 1.50 bits per heavy atom. The quantitative estimate of drug-likeness (QED) is 0.804. The number of hydrogen-bond acceptors (Lipinski definition) is 3. The molecule has 0 fully saturated rings. The minimum Gasteiger partial charge on any atom is -0.508 e. The smallest absolute Gasteiger partial charge is 0.124 e. The number of phenols is 2. The molecule has 2 rings (SSSR count). The summed E-state index contributed by atoms with van der Waals surface area (Å²) in [5.74, 6) is 0.471. The first-order valence-electron chi connectivity index (χ1n) is 6.63. The third-order valence-electron chi connectivity index (χ3n) is 3.66. The summed E-state index contributed by atoms with van der Waals surface area (Å²) in [4.78, 5) is 0. The minimum absolute atomic E-state index is 0.162. The van der Waals surface area contributed by atoms with Crippen molar-refractivity contribution >= 4 is 0 Å². The number of benzene rings is 2. The highest BCUT2D eigenvalue weighted by Crippen LogP contribution is 2.27. The van der Waals surface area contributed by atoms with E-state index in [2.05, 4.69) is 0 Å². The molecule has 0 aliphatic heterocycles. The summed E-state index contributed by atoms with van der Waals surface area (Å²) in [6.45, 7) is 5.50. The lowest BCUT2D eigenvalue weighted by Crippen LogP contribution is -1.97. The van der Waals surface area contributed by atoms with Gasteiger partial charge in [0.15, 0.2) is 0 Å². The average molecular weight is 272 g/mol. The predicted molar refractivity (Wildman–Crippen MR) is 79.2 cm³/mol. The molecule has 0 aliphatic carbocycles. The maximum absolute atomic E-state index is 9.83. The van der Waals surface area contributed by atoms with Crippen LogP contribution in [0.3, 0.4) is 0 Å². The molecule has 0 bridgehead atoms. The second-order valence-electron chi connectivity index (χ2n) is 5.32. The van der Waals surface area contributed by atoms with Crippen LogP contribution in [0, 0.1) is 20.8 Å². The first-order chi connectivity index (χ1) is 9.42. The van der Waals surface area contributed by atoms with Crippen LogP contribution in [0.15, 0.2) is 24.3 Å². The number of phenolic OH excluding ortho intramolecular Hbond substituents is 1. The van der Waals surface area contributed by atoms with E-state index in [1.165, 1.54) is 0 Å². The van der Waals surface area contributed by atoms with Crippen LogP contribution in [0.1, 0.15) is 33.4 Å². The molecule has 3 heteroatoms. The predicted octanol–water partition coefficient (Wildman–Crippen LogP) is 3.11. The zero-order chi connectivity index (χ0) is 14.9. The van der Waals surface area contributed by atoms with Crippen molar-refractivity contribution in [2.45, 2.75) is 33.8 Å². The van der Waals surface area contributed by atoms with Crippen molar-refractivity contribution in [1.29, 1.82) is 0 Å². The van der Waals surface area contributed by atoms with Gasteiger partial charge in [-0.1, -0.05) is 12.1 Å². The molecular weight excluding hydrogens is 252 g/mol. The van der Waals surface area contributed by atoms with Crippen LogP contribution in [0.4, 0.5) is 0 Å². The lowest BCUT2D eigenvalue weighted by Gasteiger charge is -2.12. The first-order valence-corrected chi connectivity index (χ1v) is 6.63. The summed E-state index contributed by atoms with van der Waals surface area (Å²) in [6.07, 6.45) is 0.709. The van der Waals surface area contributed by atoms with Crippen molar-refractivity contribution in [3.05, 3.63) is 57.6 Å².